The zero-order valence-electron chi connectivity index (χ0n) is 14.0. The molecule has 1 heterocycles. The SMILES string of the molecule is CCO[C@@H]1O[C@H](CNC(=O)c2ccc(S(N)(=O)=O)cc2)[C@@H](O)[C@H](O)[C@H]1O. The number of primary sulfonamides is 1. The van der Waals surface area contributed by atoms with Gasteiger partial charge in [0.25, 0.3) is 5.91 Å². The highest BCUT2D eigenvalue weighted by Gasteiger charge is 2.44. The van der Waals surface area contributed by atoms with Crippen molar-refractivity contribution in [2.45, 2.75) is 42.5 Å². The minimum atomic E-state index is -3.86. The third-order valence-electron chi connectivity index (χ3n) is 3.91. The summed E-state index contributed by atoms with van der Waals surface area (Å²) in [5.41, 5.74) is 0.171. The lowest BCUT2D eigenvalue weighted by Gasteiger charge is -2.40. The largest absolute Gasteiger partial charge is 0.388 e. The van der Waals surface area contributed by atoms with Crippen LogP contribution in [0.1, 0.15) is 17.3 Å². The van der Waals surface area contributed by atoms with Crippen molar-refractivity contribution in [3.63, 3.8) is 0 Å². The fraction of sp³-hybridized carbons (Fsp3) is 0.533. The number of nitrogens with one attached hydrogen (secondary N) is 1. The van der Waals surface area contributed by atoms with Crippen LogP contribution in [0.5, 0.6) is 0 Å². The van der Waals surface area contributed by atoms with Gasteiger partial charge in [0.2, 0.25) is 10.0 Å². The van der Waals surface area contributed by atoms with Crippen molar-refractivity contribution >= 4 is 15.9 Å². The van der Waals surface area contributed by atoms with Crippen LogP contribution in [0.25, 0.3) is 0 Å². The molecule has 1 saturated heterocycles. The van der Waals surface area contributed by atoms with Crippen molar-refractivity contribution in [2.75, 3.05) is 13.2 Å². The first-order valence-electron chi connectivity index (χ1n) is 7.87. The summed E-state index contributed by atoms with van der Waals surface area (Å²) in [7, 11) is -3.86. The summed E-state index contributed by atoms with van der Waals surface area (Å²) in [6, 6.07) is 4.96. The van der Waals surface area contributed by atoms with Crippen LogP contribution in [0.3, 0.4) is 0 Å². The highest BCUT2D eigenvalue weighted by Crippen LogP contribution is 2.22. The molecular weight excluding hydrogens is 368 g/mol. The standard InChI is InChI=1S/C15H22N2O8S/c1-2-24-15-13(20)12(19)11(18)10(25-15)7-17-14(21)8-3-5-9(6-4-8)26(16,22)23/h3-6,10-13,15,18-20H,2,7H2,1H3,(H,17,21)(H2,16,22,23)/t10-,11-,12+,13-,15-/m1/s1. The Morgan fingerprint density at radius 1 is 1.19 bits per heavy atom. The van der Waals surface area contributed by atoms with Crippen molar-refractivity contribution in [3.05, 3.63) is 29.8 Å². The molecule has 10 nitrogen and oxygen atoms in total. The van der Waals surface area contributed by atoms with Gasteiger partial charge in [-0.2, -0.15) is 0 Å². The zero-order chi connectivity index (χ0) is 19.5. The van der Waals surface area contributed by atoms with Gasteiger partial charge in [-0.25, -0.2) is 13.6 Å². The monoisotopic (exact) mass is 390 g/mol. The first-order chi connectivity index (χ1) is 12.1. The maximum absolute atomic E-state index is 12.1. The number of hydrogen-bond acceptors (Lipinski definition) is 8. The summed E-state index contributed by atoms with van der Waals surface area (Å²) in [6.07, 6.45) is -6.46. The zero-order valence-corrected chi connectivity index (χ0v) is 14.8. The quantitative estimate of drug-likeness (QED) is 0.368. The molecule has 0 radical (unpaired) electrons. The van der Waals surface area contributed by atoms with E-state index in [0.717, 1.165) is 0 Å². The fourth-order valence-corrected chi connectivity index (χ4v) is 2.99. The van der Waals surface area contributed by atoms with E-state index in [9.17, 15) is 28.5 Å². The molecule has 146 valence electrons. The first kappa shape index (κ1) is 20.7. The Hall–Kier alpha value is -1.60. The molecule has 0 bridgehead atoms. The number of ether oxygens (including phenoxy) is 2. The van der Waals surface area contributed by atoms with Crippen molar-refractivity contribution in [3.8, 4) is 0 Å². The Bertz CT molecular complexity index is 724. The van der Waals surface area contributed by atoms with Gasteiger partial charge >= 0.3 is 0 Å². The van der Waals surface area contributed by atoms with E-state index in [1.807, 2.05) is 0 Å². The second-order valence-corrected chi connectivity index (χ2v) is 7.31. The van der Waals surface area contributed by atoms with Gasteiger partial charge in [0.1, 0.15) is 24.4 Å². The second kappa shape index (κ2) is 8.39. The van der Waals surface area contributed by atoms with Gasteiger partial charge in [-0.1, -0.05) is 0 Å². The number of amides is 1. The highest BCUT2D eigenvalue weighted by molar-refractivity contribution is 7.89. The van der Waals surface area contributed by atoms with Crippen molar-refractivity contribution in [1.82, 2.24) is 5.32 Å². The third kappa shape index (κ3) is 4.76. The maximum Gasteiger partial charge on any atom is 0.251 e. The number of carbonyl (C=O) groups is 1. The van der Waals surface area contributed by atoms with Crippen LogP contribution in [-0.4, -0.2) is 73.5 Å². The van der Waals surface area contributed by atoms with Gasteiger partial charge in [-0.3, -0.25) is 4.79 Å². The molecule has 1 aliphatic rings. The van der Waals surface area contributed by atoms with Crippen molar-refractivity contribution < 1.29 is 38.0 Å². The van der Waals surface area contributed by atoms with E-state index in [1.54, 1.807) is 6.92 Å². The topological polar surface area (TPSA) is 168 Å². The Balaban J connectivity index is 1.99. The van der Waals surface area contributed by atoms with Crippen LogP contribution in [-0.2, 0) is 19.5 Å². The van der Waals surface area contributed by atoms with Gasteiger partial charge in [0.05, 0.1) is 4.90 Å². The summed E-state index contributed by atoms with van der Waals surface area (Å²) in [4.78, 5) is 12.0. The van der Waals surface area contributed by atoms with Crippen LogP contribution in [0.4, 0.5) is 0 Å². The Labute approximate surface area is 150 Å². The molecule has 11 heteroatoms. The number of rotatable bonds is 6. The number of sulfonamides is 1. The molecule has 1 fully saturated rings. The third-order valence-corrected chi connectivity index (χ3v) is 4.84. The molecule has 0 aliphatic carbocycles. The van der Waals surface area contributed by atoms with Crippen molar-refractivity contribution in [2.24, 2.45) is 5.14 Å². The molecule has 26 heavy (non-hydrogen) atoms. The molecule has 0 unspecified atom stereocenters. The second-order valence-electron chi connectivity index (χ2n) is 5.75. The van der Waals surface area contributed by atoms with E-state index < -0.39 is 46.6 Å². The minimum absolute atomic E-state index is 0.128. The molecule has 6 N–H and O–H groups in total. The lowest BCUT2D eigenvalue weighted by molar-refractivity contribution is -0.293. The number of benzene rings is 1. The molecular formula is C15H22N2O8S. The highest BCUT2D eigenvalue weighted by atomic mass is 32.2. The molecule has 0 aromatic heterocycles. The van der Waals surface area contributed by atoms with Gasteiger partial charge in [-0.15, -0.1) is 0 Å². The summed E-state index contributed by atoms with van der Waals surface area (Å²) in [6.45, 7) is 1.74. The van der Waals surface area contributed by atoms with E-state index in [1.165, 1.54) is 24.3 Å². The minimum Gasteiger partial charge on any atom is -0.388 e. The van der Waals surface area contributed by atoms with E-state index in [0.29, 0.717) is 0 Å². The average Bonchev–Trinajstić information content (AvgIpc) is 2.60. The fourth-order valence-electron chi connectivity index (χ4n) is 2.48. The van der Waals surface area contributed by atoms with Crippen LogP contribution in [0.2, 0.25) is 0 Å². The predicted octanol–water partition coefficient (Wildman–Crippen LogP) is -2.09. The Morgan fingerprint density at radius 3 is 2.35 bits per heavy atom. The molecule has 5 atom stereocenters. The first-order valence-corrected chi connectivity index (χ1v) is 9.42. The van der Waals surface area contributed by atoms with Gasteiger partial charge in [0, 0.05) is 18.7 Å². The van der Waals surface area contributed by atoms with Crippen LogP contribution < -0.4 is 10.5 Å². The van der Waals surface area contributed by atoms with Crippen LogP contribution >= 0.6 is 0 Å². The predicted molar refractivity (Wildman–Crippen MR) is 88.5 cm³/mol. The summed E-state index contributed by atoms with van der Waals surface area (Å²) < 4.78 is 32.9. The molecule has 0 saturated carbocycles. The number of hydrogen-bond donors (Lipinski definition) is 5. The molecule has 2 rings (SSSR count). The van der Waals surface area contributed by atoms with E-state index in [2.05, 4.69) is 5.32 Å². The Morgan fingerprint density at radius 2 is 1.81 bits per heavy atom. The normalized spacial score (nSPS) is 29.3. The number of aliphatic hydroxyl groups excluding tert-OH is 3. The average molecular weight is 390 g/mol. The van der Waals surface area contributed by atoms with Gasteiger partial charge < -0.3 is 30.1 Å². The molecule has 1 aromatic carbocycles. The summed E-state index contributed by atoms with van der Waals surface area (Å²) >= 11 is 0. The van der Waals surface area contributed by atoms with Crippen molar-refractivity contribution in [1.29, 1.82) is 0 Å². The molecule has 1 amide bonds. The lowest BCUT2D eigenvalue weighted by atomic mass is 9.98. The molecule has 0 spiro atoms. The number of nitrogens with two attached hydrogens (primary N) is 1. The smallest absolute Gasteiger partial charge is 0.251 e. The van der Waals surface area contributed by atoms with Crippen LogP contribution in [0.15, 0.2) is 29.2 Å². The van der Waals surface area contributed by atoms with Crippen LogP contribution in [0, 0.1) is 0 Å². The summed E-state index contributed by atoms with van der Waals surface area (Å²) in [5.74, 6) is -0.546. The van der Waals surface area contributed by atoms with Gasteiger partial charge in [-0.05, 0) is 31.2 Å². The van der Waals surface area contributed by atoms with E-state index in [4.69, 9.17) is 14.6 Å². The number of carbonyl (C=O) groups excluding carboxylic acids is 1. The number of aliphatic hydroxyl groups is 3. The summed E-state index contributed by atoms with van der Waals surface area (Å²) in [5, 5.41) is 37.1. The van der Waals surface area contributed by atoms with E-state index >= 15 is 0 Å². The lowest BCUT2D eigenvalue weighted by Crippen LogP contribution is -2.60. The van der Waals surface area contributed by atoms with E-state index in [-0.39, 0.29) is 23.6 Å². The maximum atomic E-state index is 12.1. The van der Waals surface area contributed by atoms with Gasteiger partial charge in [0.15, 0.2) is 6.29 Å². The Kier molecular flexibility index (Phi) is 6.69. The molecule has 1 aromatic rings. The molecule has 1 aliphatic heterocycles.